The molecule has 9 heavy (non-hydrogen) atoms. The van der Waals surface area contributed by atoms with Crippen LogP contribution in [0.5, 0.6) is 0 Å². The Morgan fingerprint density at radius 1 is 1.67 bits per heavy atom. The zero-order valence-electron chi connectivity index (χ0n) is 5.64. The van der Waals surface area contributed by atoms with E-state index in [2.05, 4.69) is 11.4 Å². The lowest BCUT2D eigenvalue weighted by molar-refractivity contribution is 0.0823. The van der Waals surface area contributed by atoms with Gasteiger partial charge in [-0.1, -0.05) is 0 Å². The molecule has 0 aliphatic carbocycles. The second-order valence-corrected chi connectivity index (χ2v) is 2.10. The highest BCUT2D eigenvalue weighted by molar-refractivity contribution is 5.11. The van der Waals surface area contributed by atoms with Crippen molar-refractivity contribution in [2.45, 2.75) is 12.5 Å². The highest BCUT2D eigenvalue weighted by atomic mass is 16.5. The van der Waals surface area contributed by atoms with Gasteiger partial charge in [0.15, 0.2) is 0 Å². The lowest BCUT2D eigenvalue weighted by atomic mass is 10.1. The van der Waals surface area contributed by atoms with Gasteiger partial charge in [0.25, 0.3) is 0 Å². The molecule has 2 heteroatoms. The molecule has 1 N–H and O–H groups in total. The smallest absolute Gasteiger partial charge is 0.112 e. The lowest BCUT2D eigenvalue weighted by Crippen LogP contribution is -2.25. The molecule has 0 spiro atoms. The van der Waals surface area contributed by atoms with E-state index in [1.807, 2.05) is 19.2 Å². The molecule has 1 atom stereocenters. The topological polar surface area (TPSA) is 21.3 Å². The van der Waals surface area contributed by atoms with Crippen LogP contribution in [0.3, 0.4) is 0 Å². The molecule has 0 amide bonds. The molecule has 2 nitrogen and oxygen atoms in total. The van der Waals surface area contributed by atoms with Crippen LogP contribution in [-0.4, -0.2) is 12.7 Å². The monoisotopic (exact) mass is 124 g/mol. The first-order valence-electron chi connectivity index (χ1n) is 2.85. The van der Waals surface area contributed by atoms with Crippen molar-refractivity contribution >= 4 is 0 Å². The SMILES string of the molecule is COC1(C)[C]=CNC=C1. The van der Waals surface area contributed by atoms with Gasteiger partial charge in [0.05, 0.1) is 0 Å². The normalized spacial score (nSPS) is 21.6. The molecular weight excluding hydrogens is 114 g/mol. The molecule has 0 bridgehead atoms. The predicted octanol–water partition coefficient (Wildman–Crippen LogP) is 0.825. The number of dihydropyridines is 1. The quantitative estimate of drug-likeness (QED) is 0.559. The van der Waals surface area contributed by atoms with E-state index in [1.165, 1.54) is 0 Å². The third kappa shape index (κ3) is 1.33. The van der Waals surface area contributed by atoms with Crippen molar-refractivity contribution in [2.24, 2.45) is 0 Å². The van der Waals surface area contributed by atoms with Gasteiger partial charge in [-0.2, -0.15) is 0 Å². The molecule has 49 valence electrons. The van der Waals surface area contributed by atoms with E-state index in [1.54, 1.807) is 13.3 Å². The van der Waals surface area contributed by atoms with Crippen LogP contribution in [0, 0.1) is 6.08 Å². The van der Waals surface area contributed by atoms with Crippen molar-refractivity contribution in [1.82, 2.24) is 5.32 Å². The summed E-state index contributed by atoms with van der Waals surface area (Å²) in [5.74, 6) is 0. The third-order valence-corrected chi connectivity index (χ3v) is 1.36. The van der Waals surface area contributed by atoms with Crippen LogP contribution >= 0.6 is 0 Å². The number of ether oxygens (including phenoxy) is 1. The van der Waals surface area contributed by atoms with Crippen molar-refractivity contribution < 1.29 is 4.74 Å². The molecule has 0 fully saturated rings. The minimum atomic E-state index is -0.328. The maximum Gasteiger partial charge on any atom is 0.112 e. The summed E-state index contributed by atoms with van der Waals surface area (Å²) in [7, 11) is 1.66. The lowest BCUT2D eigenvalue weighted by Gasteiger charge is -2.21. The number of hydrogen-bond acceptors (Lipinski definition) is 2. The summed E-state index contributed by atoms with van der Waals surface area (Å²) in [5.41, 5.74) is -0.328. The van der Waals surface area contributed by atoms with Gasteiger partial charge in [0.1, 0.15) is 5.60 Å². The van der Waals surface area contributed by atoms with Crippen LogP contribution in [0.4, 0.5) is 0 Å². The van der Waals surface area contributed by atoms with Gasteiger partial charge in [-0.15, -0.1) is 0 Å². The Balaban J connectivity index is 2.67. The summed E-state index contributed by atoms with van der Waals surface area (Å²) in [6, 6.07) is 0. The molecule has 1 heterocycles. The first kappa shape index (κ1) is 6.36. The molecule has 1 unspecified atom stereocenters. The van der Waals surface area contributed by atoms with Crippen LogP contribution in [-0.2, 0) is 4.74 Å². The van der Waals surface area contributed by atoms with E-state index in [4.69, 9.17) is 4.74 Å². The average molecular weight is 124 g/mol. The number of hydrogen-bond donors (Lipinski definition) is 1. The summed E-state index contributed by atoms with van der Waals surface area (Å²) in [6.45, 7) is 1.95. The van der Waals surface area contributed by atoms with E-state index in [0.29, 0.717) is 0 Å². The zero-order valence-corrected chi connectivity index (χ0v) is 5.64. The fourth-order valence-electron chi connectivity index (χ4n) is 0.615. The van der Waals surface area contributed by atoms with E-state index >= 15 is 0 Å². The molecule has 1 radical (unpaired) electrons. The van der Waals surface area contributed by atoms with E-state index in [9.17, 15) is 0 Å². The predicted molar refractivity (Wildman–Crippen MR) is 35.5 cm³/mol. The molecule has 0 aromatic heterocycles. The molecule has 0 aromatic rings. The number of nitrogens with one attached hydrogen (secondary N) is 1. The summed E-state index contributed by atoms with van der Waals surface area (Å²) in [4.78, 5) is 0. The first-order valence-corrected chi connectivity index (χ1v) is 2.85. The molecule has 0 saturated heterocycles. The first-order chi connectivity index (χ1) is 4.27. The van der Waals surface area contributed by atoms with Crippen LogP contribution in [0.1, 0.15) is 6.92 Å². The molecular formula is C7H10NO. The van der Waals surface area contributed by atoms with E-state index in [-0.39, 0.29) is 5.60 Å². The molecule has 1 rings (SSSR count). The largest absolute Gasteiger partial charge is 0.370 e. The maximum absolute atomic E-state index is 5.11. The van der Waals surface area contributed by atoms with Crippen molar-refractivity contribution in [3.63, 3.8) is 0 Å². The van der Waals surface area contributed by atoms with Gasteiger partial charge in [-0.05, 0) is 19.2 Å². The Labute approximate surface area is 55.2 Å². The molecule has 1 aliphatic rings. The Hall–Kier alpha value is -0.760. The minimum Gasteiger partial charge on any atom is -0.370 e. The van der Waals surface area contributed by atoms with Crippen molar-refractivity contribution in [1.29, 1.82) is 0 Å². The van der Waals surface area contributed by atoms with Gasteiger partial charge in [-0.25, -0.2) is 0 Å². The van der Waals surface area contributed by atoms with Crippen LogP contribution < -0.4 is 5.32 Å². The summed E-state index contributed by atoms with van der Waals surface area (Å²) < 4.78 is 5.11. The van der Waals surface area contributed by atoms with Gasteiger partial charge in [0.2, 0.25) is 0 Å². The standard InChI is InChI=1S/C7H10NO/c1-7(9-2)3-5-8-6-4-7/h3,5-6,8H,1-2H3. The highest BCUT2D eigenvalue weighted by Crippen LogP contribution is 2.12. The van der Waals surface area contributed by atoms with Crippen LogP contribution in [0.25, 0.3) is 0 Å². The minimum absolute atomic E-state index is 0.328. The Bertz CT molecular complexity index is 137. The zero-order chi connectivity index (χ0) is 6.74. The summed E-state index contributed by atoms with van der Waals surface area (Å²) in [5, 5.41) is 2.88. The number of rotatable bonds is 1. The number of methoxy groups -OCH3 is 1. The van der Waals surface area contributed by atoms with Gasteiger partial charge >= 0.3 is 0 Å². The third-order valence-electron chi connectivity index (χ3n) is 1.36. The van der Waals surface area contributed by atoms with Crippen molar-refractivity contribution in [3.8, 4) is 0 Å². The fraction of sp³-hybridized carbons (Fsp3) is 0.429. The van der Waals surface area contributed by atoms with Crippen LogP contribution in [0.15, 0.2) is 18.5 Å². The average Bonchev–Trinajstić information content (AvgIpc) is 1.90. The maximum atomic E-state index is 5.11. The van der Waals surface area contributed by atoms with E-state index in [0.717, 1.165) is 0 Å². The Morgan fingerprint density at radius 2 is 2.44 bits per heavy atom. The Morgan fingerprint density at radius 3 is 2.78 bits per heavy atom. The molecule has 0 aromatic carbocycles. The van der Waals surface area contributed by atoms with Crippen LogP contribution in [0.2, 0.25) is 0 Å². The molecule has 1 aliphatic heterocycles. The van der Waals surface area contributed by atoms with Gasteiger partial charge < -0.3 is 10.1 Å². The van der Waals surface area contributed by atoms with E-state index < -0.39 is 0 Å². The Kier molecular flexibility index (Phi) is 1.58. The summed E-state index contributed by atoms with van der Waals surface area (Å²) >= 11 is 0. The highest BCUT2D eigenvalue weighted by Gasteiger charge is 2.17. The van der Waals surface area contributed by atoms with Crippen molar-refractivity contribution in [2.75, 3.05) is 7.11 Å². The van der Waals surface area contributed by atoms with Gasteiger partial charge in [-0.3, -0.25) is 0 Å². The summed E-state index contributed by atoms with van der Waals surface area (Å²) in [6.07, 6.45) is 8.48. The second kappa shape index (κ2) is 2.23. The second-order valence-electron chi connectivity index (χ2n) is 2.10. The van der Waals surface area contributed by atoms with Crippen molar-refractivity contribution in [3.05, 3.63) is 24.6 Å². The fourth-order valence-corrected chi connectivity index (χ4v) is 0.615. The molecule has 0 saturated carbocycles. The van der Waals surface area contributed by atoms with Gasteiger partial charge in [0, 0.05) is 19.4 Å².